The molecule has 0 aromatic heterocycles. The van der Waals surface area contributed by atoms with Crippen molar-refractivity contribution in [3.8, 4) is 36.4 Å². The van der Waals surface area contributed by atoms with E-state index in [-0.39, 0.29) is 0 Å². The number of rotatable bonds is 0. The molecule has 2 aliphatic rings. The highest BCUT2D eigenvalue weighted by Gasteiger charge is 2.49. The van der Waals surface area contributed by atoms with Crippen molar-refractivity contribution < 1.29 is 26.3 Å². The molecule has 1 aromatic carbocycles. The first-order valence-corrected chi connectivity index (χ1v) is 8.63. The van der Waals surface area contributed by atoms with E-state index in [0.29, 0.717) is 6.07 Å². The normalized spacial score (nSPS) is 14.2. The molecule has 0 heterocycles. The summed E-state index contributed by atoms with van der Waals surface area (Å²) in [6, 6.07) is 9.13. The molecule has 1 aromatic rings. The number of fused-ring (bicyclic) bond motifs is 2. The van der Waals surface area contributed by atoms with E-state index in [2.05, 4.69) is 0 Å². The van der Waals surface area contributed by atoms with Crippen molar-refractivity contribution >= 4 is 22.3 Å². The summed E-state index contributed by atoms with van der Waals surface area (Å²) in [5.41, 5.74) is -11.9. The zero-order chi connectivity index (χ0) is 25.6. The van der Waals surface area contributed by atoms with E-state index in [1.165, 1.54) is 36.4 Å². The van der Waals surface area contributed by atoms with Gasteiger partial charge in [-0.25, -0.2) is 0 Å². The summed E-state index contributed by atoms with van der Waals surface area (Å²) in [5.74, 6) is 0. The van der Waals surface area contributed by atoms with Gasteiger partial charge >= 0.3 is 12.4 Å². The molecule has 0 saturated heterocycles. The maximum Gasteiger partial charge on any atom is 0.418 e. The van der Waals surface area contributed by atoms with Crippen LogP contribution in [0.2, 0.25) is 0 Å². The van der Waals surface area contributed by atoms with Crippen molar-refractivity contribution in [2.24, 2.45) is 0 Å². The SMILES string of the molecule is N#CC(C#N)=C1C(C(F)(F)F)=C(C#N)c2cc3c(cc21)C(=C(C#N)C#N)C(C(F)(F)F)=C3C#N. The van der Waals surface area contributed by atoms with Gasteiger partial charge in [-0.3, -0.25) is 0 Å². The maximum atomic E-state index is 13.9. The van der Waals surface area contributed by atoms with Crippen LogP contribution < -0.4 is 0 Å². The summed E-state index contributed by atoms with van der Waals surface area (Å²) in [7, 11) is 0. The van der Waals surface area contributed by atoms with Crippen LogP contribution in [0.1, 0.15) is 22.3 Å². The minimum Gasteiger partial charge on any atom is -0.192 e. The Kier molecular flexibility index (Phi) is 5.28. The maximum absolute atomic E-state index is 13.9. The summed E-state index contributed by atoms with van der Waals surface area (Å²) in [5, 5.41) is 55.6. The van der Waals surface area contributed by atoms with E-state index in [1.54, 1.807) is 0 Å². The summed E-state index contributed by atoms with van der Waals surface area (Å²) < 4.78 is 83.1. The first-order valence-electron chi connectivity index (χ1n) is 8.63. The highest BCUT2D eigenvalue weighted by atomic mass is 19.4. The van der Waals surface area contributed by atoms with Gasteiger partial charge in [-0.05, 0) is 23.3 Å². The Labute approximate surface area is 186 Å². The van der Waals surface area contributed by atoms with Crippen molar-refractivity contribution in [1.29, 1.82) is 31.6 Å². The van der Waals surface area contributed by atoms with Gasteiger partial charge in [0, 0.05) is 22.3 Å². The molecule has 0 fully saturated rings. The van der Waals surface area contributed by atoms with Gasteiger partial charge in [-0.1, -0.05) is 0 Å². The zero-order valence-electron chi connectivity index (χ0n) is 16.1. The van der Waals surface area contributed by atoms with Crippen LogP contribution in [0.15, 0.2) is 34.4 Å². The number of nitrogens with zero attached hydrogens (tertiary/aromatic N) is 6. The Bertz CT molecular complexity index is 1420. The molecular weight excluding hydrogens is 462 g/mol. The van der Waals surface area contributed by atoms with Gasteiger partial charge in [-0.2, -0.15) is 57.9 Å². The summed E-state index contributed by atoms with van der Waals surface area (Å²) >= 11 is 0. The lowest BCUT2D eigenvalue weighted by atomic mass is 9.91. The summed E-state index contributed by atoms with van der Waals surface area (Å²) in [6.45, 7) is 0. The van der Waals surface area contributed by atoms with Crippen molar-refractivity contribution in [3.63, 3.8) is 0 Å². The lowest BCUT2D eigenvalue weighted by Crippen LogP contribution is -2.13. The highest BCUT2D eigenvalue weighted by Crippen LogP contribution is 2.55. The first-order chi connectivity index (χ1) is 15.9. The second-order valence-corrected chi connectivity index (χ2v) is 6.61. The Morgan fingerprint density at radius 2 is 0.824 bits per heavy atom. The third-order valence-electron chi connectivity index (χ3n) is 4.97. The molecule has 0 radical (unpaired) electrons. The smallest absolute Gasteiger partial charge is 0.192 e. The lowest BCUT2D eigenvalue weighted by molar-refractivity contribution is -0.0871. The number of hydrogen-bond acceptors (Lipinski definition) is 6. The van der Waals surface area contributed by atoms with E-state index in [9.17, 15) is 57.9 Å². The fourth-order valence-corrected chi connectivity index (χ4v) is 3.81. The van der Waals surface area contributed by atoms with Crippen molar-refractivity contribution in [1.82, 2.24) is 0 Å². The number of benzene rings is 1. The predicted molar refractivity (Wildman–Crippen MR) is 99.9 cm³/mol. The monoisotopic (exact) mass is 464 g/mol. The molecule has 0 amide bonds. The van der Waals surface area contributed by atoms with Gasteiger partial charge in [0.25, 0.3) is 0 Å². The van der Waals surface area contributed by atoms with Gasteiger partial charge < -0.3 is 0 Å². The van der Waals surface area contributed by atoms with Crippen molar-refractivity contribution in [2.45, 2.75) is 12.4 Å². The molecule has 0 bridgehead atoms. The van der Waals surface area contributed by atoms with Crippen molar-refractivity contribution in [2.75, 3.05) is 0 Å². The van der Waals surface area contributed by atoms with Crippen LogP contribution in [0.4, 0.5) is 26.3 Å². The predicted octanol–water partition coefficient (Wildman–Crippen LogP) is 4.99. The minimum atomic E-state index is -5.24. The quantitative estimate of drug-likeness (QED) is 0.391. The van der Waals surface area contributed by atoms with E-state index in [1.807, 2.05) is 0 Å². The number of nitriles is 6. The lowest BCUT2D eigenvalue weighted by Gasteiger charge is -2.13. The fourth-order valence-electron chi connectivity index (χ4n) is 3.81. The molecule has 0 N–H and O–H groups in total. The molecule has 0 unspecified atom stereocenters. The number of allylic oxidation sites excluding steroid dienone is 8. The number of hydrogen-bond donors (Lipinski definition) is 0. The third kappa shape index (κ3) is 3.16. The van der Waals surface area contributed by atoms with Crippen molar-refractivity contribution in [3.05, 3.63) is 56.7 Å². The van der Waals surface area contributed by atoms with Crippen LogP contribution in [0.3, 0.4) is 0 Å². The molecule has 0 atom stereocenters. The van der Waals surface area contributed by atoms with E-state index >= 15 is 0 Å². The van der Waals surface area contributed by atoms with Crippen LogP contribution in [0.5, 0.6) is 0 Å². The molecule has 162 valence electrons. The molecule has 2 aliphatic carbocycles. The molecule has 34 heavy (non-hydrogen) atoms. The molecule has 0 aliphatic heterocycles. The fraction of sp³-hybridized carbons (Fsp3) is 0.0909. The average molecular weight is 464 g/mol. The molecule has 0 spiro atoms. The van der Waals surface area contributed by atoms with Crippen LogP contribution in [0.25, 0.3) is 22.3 Å². The van der Waals surface area contributed by atoms with Gasteiger partial charge in [-0.15, -0.1) is 0 Å². The van der Waals surface area contributed by atoms with Gasteiger partial charge in [0.2, 0.25) is 0 Å². The third-order valence-corrected chi connectivity index (χ3v) is 4.97. The average Bonchev–Trinajstić information content (AvgIpc) is 3.27. The molecule has 0 saturated carbocycles. The Morgan fingerprint density at radius 3 is 1.06 bits per heavy atom. The second-order valence-electron chi connectivity index (χ2n) is 6.61. The van der Waals surface area contributed by atoms with Crippen LogP contribution in [0, 0.1) is 68.0 Å². The van der Waals surface area contributed by atoms with Crippen LogP contribution in [-0.2, 0) is 0 Å². The largest absolute Gasteiger partial charge is 0.418 e. The van der Waals surface area contributed by atoms with E-state index in [4.69, 9.17) is 0 Å². The van der Waals surface area contributed by atoms with E-state index in [0.717, 1.165) is 6.07 Å². The Morgan fingerprint density at radius 1 is 0.529 bits per heavy atom. The number of alkyl halides is 6. The summed E-state index contributed by atoms with van der Waals surface area (Å²) in [6.07, 6.45) is -10.5. The Hall–Kier alpha value is -5.30. The summed E-state index contributed by atoms with van der Waals surface area (Å²) in [4.78, 5) is 0. The topological polar surface area (TPSA) is 143 Å². The molecule has 12 heteroatoms. The number of halogens is 6. The van der Waals surface area contributed by atoms with Gasteiger partial charge in [0.15, 0.2) is 0 Å². The Balaban J connectivity index is 2.63. The minimum absolute atomic E-state index is 0.558. The second kappa shape index (κ2) is 7.68. The van der Waals surface area contributed by atoms with E-state index < -0.39 is 79.2 Å². The molecule has 6 nitrogen and oxygen atoms in total. The molecule has 3 rings (SSSR count). The first kappa shape index (κ1) is 23.4. The molecular formula is C22H2F6N6. The van der Waals surface area contributed by atoms with Crippen LogP contribution >= 0.6 is 0 Å². The van der Waals surface area contributed by atoms with Crippen LogP contribution in [-0.4, -0.2) is 12.4 Å². The zero-order valence-corrected chi connectivity index (χ0v) is 16.1. The standard InChI is InChI=1S/C22H2F6N6/c23-21(24,25)19-15(7-33)11-1-12-14(2-13(11)17(19)9(3-29)4-30)18(10(5-31)6-32)20(16(12)8-34)22(26,27)28/h1-2H. The van der Waals surface area contributed by atoms with Gasteiger partial charge in [0.1, 0.15) is 47.6 Å². The highest BCUT2D eigenvalue weighted by molar-refractivity contribution is 6.13. The van der Waals surface area contributed by atoms with Gasteiger partial charge in [0.05, 0.1) is 22.3 Å².